The molecule has 0 aliphatic carbocycles. The standard InChI is InChI=1S/C32H39F5N4O5/c1-5-6-13-46-31(43)41-10-9-22-24(27(44-3)14-20(2)29(22)41)16-40-12-11-39(18-28(33)34)17-26(40)21-7-8-23(30(42)45-4)25(15-21)38-19-32(35,36)37/h7-10,14-15,26,28,38H,5-6,11-13,16-19H2,1-4H3/t26-/m0/s1. The smallest absolute Gasteiger partial charge is 0.418 e. The molecule has 1 aromatic heterocycles. The van der Waals surface area contributed by atoms with Crippen molar-refractivity contribution in [1.82, 2.24) is 14.4 Å². The Morgan fingerprint density at radius 3 is 2.52 bits per heavy atom. The van der Waals surface area contributed by atoms with E-state index in [1.54, 1.807) is 23.2 Å². The highest BCUT2D eigenvalue weighted by molar-refractivity contribution is 5.96. The van der Waals surface area contributed by atoms with Gasteiger partial charge in [0.2, 0.25) is 0 Å². The van der Waals surface area contributed by atoms with Crippen molar-refractivity contribution in [3.8, 4) is 5.75 Å². The molecule has 0 saturated carbocycles. The number of carbonyl (C=O) groups is 2. The zero-order chi connectivity index (χ0) is 33.6. The summed E-state index contributed by atoms with van der Waals surface area (Å²) < 4.78 is 83.7. The van der Waals surface area contributed by atoms with Crippen molar-refractivity contribution in [1.29, 1.82) is 0 Å². The minimum absolute atomic E-state index is 0.0819. The Bertz CT molecular complexity index is 1530. The number of nitrogens with zero attached hydrogens (tertiary/aromatic N) is 3. The Morgan fingerprint density at radius 1 is 1.11 bits per heavy atom. The second kappa shape index (κ2) is 15.1. The number of rotatable bonds is 12. The molecule has 4 rings (SSSR count). The van der Waals surface area contributed by atoms with E-state index in [4.69, 9.17) is 14.2 Å². The van der Waals surface area contributed by atoms with Gasteiger partial charge in [-0.15, -0.1) is 0 Å². The number of aromatic nitrogens is 1. The van der Waals surface area contributed by atoms with Crippen LogP contribution in [0.3, 0.4) is 0 Å². The van der Waals surface area contributed by atoms with E-state index in [0.29, 0.717) is 29.9 Å². The summed E-state index contributed by atoms with van der Waals surface area (Å²) in [6.07, 6.45) is -4.40. The van der Waals surface area contributed by atoms with E-state index in [1.807, 2.05) is 24.8 Å². The number of hydrogen-bond acceptors (Lipinski definition) is 8. The van der Waals surface area contributed by atoms with Gasteiger partial charge in [0.15, 0.2) is 0 Å². The van der Waals surface area contributed by atoms with Gasteiger partial charge in [0.25, 0.3) is 6.43 Å². The predicted molar refractivity (Wildman–Crippen MR) is 163 cm³/mol. The Hall–Kier alpha value is -3.91. The number of alkyl halides is 5. The van der Waals surface area contributed by atoms with Gasteiger partial charge in [-0.2, -0.15) is 13.2 Å². The highest BCUT2D eigenvalue weighted by Gasteiger charge is 2.33. The summed E-state index contributed by atoms with van der Waals surface area (Å²) in [6, 6.07) is 7.48. The molecule has 3 aromatic rings. The van der Waals surface area contributed by atoms with Crippen molar-refractivity contribution in [2.24, 2.45) is 0 Å². The first-order chi connectivity index (χ1) is 21.9. The topological polar surface area (TPSA) is 85.3 Å². The molecule has 2 heterocycles. The molecule has 1 aliphatic heterocycles. The van der Waals surface area contributed by atoms with Crippen LogP contribution in [0.25, 0.3) is 10.9 Å². The van der Waals surface area contributed by atoms with E-state index >= 15 is 0 Å². The average molecular weight is 655 g/mol. The maximum atomic E-state index is 13.4. The molecule has 0 spiro atoms. The molecular weight excluding hydrogens is 615 g/mol. The molecule has 0 amide bonds. The lowest BCUT2D eigenvalue weighted by Gasteiger charge is -2.42. The quantitative estimate of drug-likeness (QED) is 0.132. The second-order valence-electron chi connectivity index (χ2n) is 11.2. The summed E-state index contributed by atoms with van der Waals surface area (Å²) in [6.45, 7) is 3.38. The second-order valence-corrected chi connectivity index (χ2v) is 11.2. The maximum Gasteiger partial charge on any atom is 0.418 e. The maximum absolute atomic E-state index is 13.4. The van der Waals surface area contributed by atoms with Crippen LogP contribution in [0.5, 0.6) is 5.75 Å². The molecule has 14 heteroatoms. The van der Waals surface area contributed by atoms with Gasteiger partial charge in [0, 0.05) is 55.1 Å². The summed E-state index contributed by atoms with van der Waals surface area (Å²) in [5, 5.41) is 3.03. The SMILES string of the molecule is CCCCOC(=O)n1ccc2c(CN3CCN(CC(F)F)C[C@H]3c3ccc(C(=O)OC)c(NCC(F)(F)F)c3)c(OC)cc(C)c21. The van der Waals surface area contributed by atoms with Crippen molar-refractivity contribution >= 4 is 28.7 Å². The van der Waals surface area contributed by atoms with E-state index in [1.165, 1.54) is 23.8 Å². The minimum atomic E-state index is -4.56. The van der Waals surface area contributed by atoms with Gasteiger partial charge in [-0.3, -0.25) is 14.4 Å². The number of nitrogens with one attached hydrogen (secondary N) is 1. The van der Waals surface area contributed by atoms with Crippen LogP contribution in [0.1, 0.15) is 52.9 Å². The van der Waals surface area contributed by atoms with Crippen molar-refractivity contribution < 1.29 is 45.8 Å². The Kier molecular flexibility index (Phi) is 11.5. The lowest BCUT2D eigenvalue weighted by molar-refractivity contribution is -0.115. The highest BCUT2D eigenvalue weighted by atomic mass is 19.4. The van der Waals surface area contributed by atoms with E-state index in [2.05, 4.69) is 5.32 Å². The number of benzene rings is 2. The third-order valence-electron chi connectivity index (χ3n) is 8.02. The zero-order valence-corrected chi connectivity index (χ0v) is 26.3. The first-order valence-corrected chi connectivity index (χ1v) is 15.0. The van der Waals surface area contributed by atoms with Crippen molar-refractivity contribution in [3.63, 3.8) is 0 Å². The first kappa shape index (κ1) is 35.0. The molecule has 0 bridgehead atoms. The molecular formula is C32H39F5N4O5. The Balaban J connectivity index is 1.75. The molecule has 2 aromatic carbocycles. The van der Waals surface area contributed by atoms with Crippen LogP contribution in [-0.2, 0) is 16.0 Å². The number of fused-ring (bicyclic) bond motifs is 1. The largest absolute Gasteiger partial charge is 0.496 e. The van der Waals surface area contributed by atoms with Gasteiger partial charge in [-0.05, 0) is 48.7 Å². The number of carbonyl (C=O) groups excluding carboxylic acids is 2. The molecule has 1 aliphatic rings. The zero-order valence-electron chi connectivity index (χ0n) is 26.3. The van der Waals surface area contributed by atoms with Crippen LogP contribution in [0, 0.1) is 6.92 Å². The minimum Gasteiger partial charge on any atom is -0.496 e. The lowest BCUT2D eigenvalue weighted by Crippen LogP contribution is -2.49. The highest BCUT2D eigenvalue weighted by Crippen LogP contribution is 2.37. The Morgan fingerprint density at radius 2 is 1.87 bits per heavy atom. The molecule has 1 saturated heterocycles. The molecule has 1 fully saturated rings. The van der Waals surface area contributed by atoms with E-state index in [-0.39, 0.29) is 30.9 Å². The summed E-state index contributed by atoms with van der Waals surface area (Å²) >= 11 is 0. The normalized spacial score (nSPS) is 16.2. The number of methoxy groups -OCH3 is 2. The van der Waals surface area contributed by atoms with Crippen LogP contribution in [0.2, 0.25) is 0 Å². The fourth-order valence-electron chi connectivity index (χ4n) is 5.78. The van der Waals surface area contributed by atoms with Gasteiger partial charge in [-0.25, -0.2) is 18.4 Å². The first-order valence-electron chi connectivity index (χ1n) is 15.0. The van der Waals surface area contributed by atoms with Crippen LogP contribution < -0.4 is 10.1 Å². The molecule has 0 radical (unpaired) electrons. The number of piperazine rings is 1. The monoisotopic (exact) mass is 654 g/mol. The van der Waals surface area contributed by atoms with E-state index < -0.39 is 43.8 Å². The van der Waals surface area contributed by atoms with E-state index in [9.17, 15) is 31.5 Å². The van der Waals surface area contributed by atoms with Gasteiger partial charge in [-0.1, -0.05) is 19.4 Å². The third kappa shape index (κ3) is 8.27. The molecule has 252 valence electrons. The molecule has 1 N–H and O–H groups in total. The number of aryl methyl sites for hydroxylation is 1. The molecule has 1 atom stereocenters. The summed E-state index contributed by atoms with van der Waals surface area (Å²) in [5.74, 6) is -0.259. The number of anilines is 1. The van der Waals surface area contributed by atoms with Crippen molar-refractivity contribution in [3.05, 3.63) is 58.8 Å². The van der Waals surface area contributed by atoms with E-state index in [0.717, 1.165) is 36.5 Å². The number of unbranched alkanes of at least 4 members (excludes halogenated alkanes) is 1. The molecule has 46 heavy (non-hydrogen) atoms. The van der Waals surface area contributed by atoms with Crippen LogP contribution in [-0.4, -0.2) is 92.6 Å². The fraction of sp³-hybridized carbons (Fsp3) is 0.500. The van der Waals surface area contributed by atoms with Crippen molar-refractivity contribution in [2.45, 2.75) is 51.9 Å². The van der Waals surface area contributed by atoms with Gasteiger partial charge >= 0.3 is 18.2 Å². The number of esters is 1. The van der Waals surface area contributed by atoms with Crippen LogP contribution >= 0.6 is 0 Å². The number of ether oxygens (including phenoxy) is 3. The third-order valence-corrected chi connectivity index (χ3v) is 8.02. The fourth-order valence-corrected chi connectivity index (χ4v) is 5.78. The summed E-state index contributed by atoms with van der Waals surface area (Å²) in [5.41, 5.74) is 2.53. The van der Waals surface area contributed by atoms with Crippen LogP contribution in [0.15, 0.2) is 36.5 Å². The van der Waals surface area contributed by atoms with Crippen LogP contribution in [0.4, 0.5) is 32.4 Å². The summed E-state index contributed by atoms with van der Waals surface area (Å²) in [4.78, 5) is 28.9. The van der Waals surface area contributed by atoms with Crippen molar-refractivity contribution in [2.75, 3.05) is 58.9 Å². The lowest BCUT2D eigenvalue weighted by atomic mass is 9.97. The molecule has 0 unspecified atom stereocenters. The Labute approximate surface area is 264 Å². The van der Waals surface area contributed by atoms with Gasteiger partial charge in [0.1, 0.15) is 12.3 Å². The van der Waals surface area contributed by atoms with Gasteiger partial charge in [0.05, 0.1) is 38.5 Å². The predicted octanol–water partition coefficient (Wildman–Crippen LogP) is 6.63. The number of hydrogen-bond donors (Lipinski definition) is 1. The number of halogens is 5. The molecule has 9 nitrogen and oxygen atoms in total. The summed E-state index contributed by atoms with van der Waals surface area (Å²) in [7, 11) is 2.66. The van der Waals surface area contributed by atoms with Gasteiger partial charge < -0.3 is 19.5 Å². The average Bonchev–Trinajstić information content (AvgIpc) is 3.47.